The van der Waals surface area contributed by atoms with Crippen LogP contribution < -0.4 is 5.32 Å². The fourth-order valence-electron chi connectivity index (χ4n) is 1.67. The van der Waals surface area contributed by atoms with E-state index in [1.165, 1.54) is 0 Å². The van der Waals surface area contributed by atoms with Crippen molar-refractivity contribution in [1.29, 1.82) is 0 Å². The lowest BCUT2D eigenvalue weighted by Gasteiger charge is -2.08. The minimum absolute atomic E-state index is 0.0876. The number of aromatic nitrogens is 2. The third-order valence-corrected chi connectivity index (χ3v) is 2.81. The highest BCUT2D eigenvalue weighted by atomic mass is 16.6. The van der Waals surface area contributed by atoms with Gasteiger partial charge in [0.15, 0.2) is 0 Å². The van der Waals surface area contributed by atoms with Crippen molar-refractivity contribution >= 4 is 11.4 Å². The second kappa shape index (κ2) is 4.87. The van der Waals surface area contributed by atoms with E-state index in [0.717, 1.165) is 17.0 Å². The molecule has 2 N–H and O–H groups in total. The van der Waals surface area contributed by atoms with E-state index in [0.29, 0.717) is 12.2 Å². The van der Waals surface area contributed by atoms with Crippen LogP contribution in [0.25, 0.3) is 0 Å². The number of nitrogens with one attached hydrogen (secondary N) is 2. The van der Waals surface area contributed by atoms with Crippen molar-refractivity contribution in [1.82, 2.24) is 9.97 Å². The van der Waals surface area contributed by atoms with Gasteiger partial charge in [0.25, 0.3) is 5.69 Å². The molecule has 0 radical (unpaired) electrons. The molecular formula is C12H14N4O2. The van der Waals surface area contributed by atoms with Crippen LogP contribution in [-0.2, 0) is 6.54 Å². The number of anilines is 1. The predicted molar refractivity (Wildman–Crippen MR) is 68.5 cm³/mol. The minimum Gasteiger partial charge on any atom is -0.372 e. The predicted octanol–water partition coefficient (Wildman–Crippen LogP) is 2.55. The monoisotopic (exact) mass is 246 g/mol. The van der Waals surface area contributed by atoms with E-state index in [9.17, 15) is 10.1 Å². The summed E-state index contributed by atoms with van der Waals surface area (Å²) in [4.78, 5) is 17.6. The van der Waals surface area contributed by atoms with Gasteiger partial charge in [-0.05, 0) is 31.0 Å². The lowest BCUT2D eigenvalue weighted by molar-refractivity contribution is -0.384. The standard InChI is InChI=1S/C12H14N4O2/c1-8-5-10(11(16(17)18)6-9(8)2)15-7-12-13-3-4-14-12/h3-6,15H,7H2,1-2H3,(H,13,14). The maximum Gasteiger partial charge on any atom is 0.292 e. The minimum atomic E-state index is -0.378. The van der Waals surface area contributed by atoms with Crippen molar-refractivity contribution in [3.63, 3.8) is 0 Å². The van der Waals surface area contributed by atoms with Gasteiger partial charge in [-0.15, -0.1) is 0 Å². The number of imidazole rings is 1. The van der Waals surface area contributed by atoms with Crippen molar-refractivity contribution in [2.75, 3.05) is 5.32 Å². The third-order valence-electron chi connectivity index (χ3n) is 2.81. The van der Waals surface area contributed by atoms with Crippen LogP contribution in [0.3, 0.4) is 0 Å². The highest BCUT2D eigenvalue weighted by molar-refractivity contribution is 5.64. The molecule has 0 spiro atoms. The van der Waals surface area contributed by atoms with Gasteiger partial charge in [0.1, 0.15) is 11.5 Å². The van der Waals surface area contributed by atoms with E-state index in [-0.39, 0.29) is 10.6 Å². The van der Waals surface area contributed by atoms with Gasteiger partial charge in [-0.3, -0.25) is 10.1 Å². The summed E-state index contributed by atoms with van der Waals surface area (Å²) in [6.07, 6.45) is 3.36. The van der Waals surface area contributed by atoms with Crippen LogP contribution in [-0.4, -0.2) is 14.9 Å². The Bertz CT molecular complexity index is 564. The second-order valence-electron chi connectivity index (χ2n) is 4.10. The summed E-state index contributed by atoms with van der Waals surface area (Å²) >= 11 is 0. The Kier molecular flexibility index (Phi) is 3.27. The number of nitrogens with zero attached hydrogens (tertiary/aromatic N) is 2. The number of rotatable bonds is 4. The van der Waals surface area contributed by atoms with Crippen LogP contribution >= 0.6 is 0 Å². The van der Waals surface area contributed by atoms with Gasteiger partial charge in [-0.2, -0.15) is 0 Å². The third kappa shape index (κ3) is 2.48. The molecule has 1 aromatic carbocycles. The molecule has 6 nitrogen and oxygen atoms in total. The molecule has 0 bridgehead atoms. The molecule has 2 aromatic rings. The topological polar surface area (TPSA) is 83.8 Å². The smallest absolute Gasteiger partial charge is 0.292 e. The molecule has 1 aromatic heterocycles. The van der Waals surface area contributed by atoms with Crippen molar-refractivity contribution < 1.29 is 4.92 Å². The number of hydrogen-bond acceptors (Lipinski definition) is 4. The first kappa shape index (κ1) is 12.1. The van der Waals surface area contributed by atoms with E-state index in [2.05, 4.69) is 15.3 Å². The van der Waals surface area contributed by atoms with Crippen LogP contribution in [0.5, 0.6) is 0 Å². The van der Waals surface area contributed by atoms with E-state index >= 15 is 0 Å². The highest BCUT2D eigenvalue weighted by Gasteiger charge is 2.15. The van der Waals surface area contributed by atoms with E-state index in [1.807, 2.05) is 13.8 Å². The Balaban J connectivity index is 2.25. The highest BCUT2D eigenvalue weighted by Crippen LogP contribution is 2.28. The largest absolute Gasteiger partial charge is 0.372 e. The van der Waals surface area contributed by atoms with Crippen LogP contribution in [0.2, 0.25) is 0 Å². The first-order valence-electron chi connectivity index (χ1n) is 5.55. The zero-order valence-electron chi connectivity index (χ0n) is 10.2. The zero-order valence-corrected chi connectivity index (χ0v) is 10.2. The Morgan fingerprint density at radius 1 is 1.39 bits per heavy atom. The molecule has 0 aliphatic carbocycles. The molecule has 0 atom stereocenters. The van der Waals surface area contributed by atoms with Crippen LogP contribution in [0, 0.1) is 24.0 Å². The molecule has 18 heavy (non-hydrogen) atoms. The van der Waals surface area contributed by atoms with Crippen molar-refractivity contribution in [3.8, 4) is 0 Å². The summed E-state index contributed by atoms with van der Waals surface area (Å²) in [6.45, 7) is 4.21. The molecule has 0 aliphatic heterocycles. The fraction of sp³-hybridized carbons (Fsp3) is 0.250. The summed E-state index contributed by atoms with van der Waals surface area (Å²) in [5.74, 6) is 0.738. The van der Waals surface area contributed by atoms with Crippen LogP contribution in [0.4, 0.5) is 11.4 Å². The quantitative estimate of drug-likeness (QED) is 0.641. The molecule has 0 saturated carbocycles. The molecule has 0 amide bonds. The van der Waals surface area contributed by atoms with Gasteiger partial charge in [-0.1, -0.05) is 0 Å². The maximum absolute atomic E-state index is 11.0. The lowest BCUT2D eigenvalue weighted by atomic mass is 10.1. The van der Waals surface area contributed by atoms with E-state index in [4.69, 9.17) is 0 Å². The molecule has 6 heteroatoms. The number of benzene rings is 1. The molecule has 94 valence electrons. The summed E-state index contributed by atoms with van der Waals surface area (Å²) in [5.41, 5.74) is 2.52. The molecule has 0 aliphatic rings. The number of nitro groups is 1. The van der Waals surface area contributed by atoms with Gasteiger partial charge in [-0.25, -0.2) is 4.98 Å². The average molecular weight is 246 g/mol. The Hall–Kier alpha value is -2.37. The number of aryl methyl sites for hydroxylation is 2. The summed E-state index contributed by atoms with van der Waals surface area (Å²) in [5, 5.41) is 14.0. The average Bonchev–Trinajstić information content (AvgIpc) is 2.83. The SMILES string of the molecule is Cc1cc(NCc2ncc[nH]2)c([N+](=O)[O-])cc1C. The molecular weight excluding hydrogens is 232 g/mol. The summed E-state index contributed by atoms with van der Waals surface area (Å²) in [7, 11) is 0. The molecule has 0 fully saturated rings. The maximum atomic E-state index is 11.0. The van der Waals surface area contributed by atoms with Gasteiger partial charge in [0, 0.05) is 18.5 Å². The number of H-pyrrole nitrogens is 1. The van der Waals surface area contributed by atoms with Crippen LogP contribution in [0.15, 0.2) is 24.5 Å². The van der Waals surface area contributed by atoms with E-state index < -0.39 is 0 Å². The zero-order chi connectivity index (χ0) is 13.1. The van der Waals surface area contributed by atoms with Gasteiger partial charge >= 0.3 is 0 Å². The Morgan fingerprint density at radius 2 is 2.11 bits per heavy atom. The van der Waals surface area contributed by atoms with Gasteiger partial charge in [0.05, 0.1) is 11.5 Å². The first-order valence-corrected chi connectivity index (χ1v) is 5.55. The first-order chi connectivity index (χ1) is 8.58. The number of hydrogen-bond donors (Lipinski definition) is 2. The normalized spacial score (nSPS) is 10.3. The van der Waals surface area contributed by atoms with E-state index in [1.54, 1.807) is 24.5 Å². The van der Waals surface area contributed by atoms with Crippen LogP contribution in [0.1, 0.15) is 17.0 Å². The number of aromatic amines is 1. The number of nitro benzene ring substituents is 1. The Labute approximate surface area is 104 Å². The lowest BCUT2D eigenvalue weighted by Crippen LogP contribution is -2.04. The fourth-order valence-corrected chi connectivity index (χ4v) is 1.67. The Morgan fingerprint density at radius 3 is 2.72 bits per heavy atom. The summed E-state index contributed by atoms with van der Waals surface area (Å²) < 4.78 is 0. The van der Waals surface area contributed by atoms with Gasteiger partial charge < -0.3 is 10.3 Å². The molecule has 0 unspecified atom stereocenters. The van der Waals surface area contributed by atoms with Crippen molar-refractivity contribution in [2.24, 2.45) is 0 Å². The molecule has 1 heterocycles. The van der Waals surface area contributed by atoms with Crippen molar-refractivity contribution in [2.45, 2.75) is 20.4 Å². The summed E-state index contributed by atoms with van der Waals surface area (Å²) in [6, 6.07) is 3.37. The van der Waals surface area contributed by atoms with Crippen molar-refractivity contribution in [3.05, 3.63) is 51.6 Å². The second-order valence-corrected chi connectivity index (χ2v) is 4.10. The molecule has 2 rings (SSSR count). The molecule has 0 saturated heterocycles. The van der Waals surface area contributed by atoms with Gasteiger partial charge in [0.2, 0.25) is 0 Å².